The molecule has 3 heteroatoms. The molecule has 2 rings (SSSR count). The molecular formula is C9H11NOS. The molecule has 1 aliphatic rings. The van der Waals surface area contributed by atoms with Crippen LogP contribution in [0.4, 0.5) is 5.69 Å². The summed E-state index contributed by atoms with van der Waals surface area (Å²) in [5.41, 5.74) is 1.29. The molecule has 2 nitrogen and oxygen atoms in total. The van der Waals surface area contributed by atoms with Gasteiger partial charge in [0.15, 0.2) is 5.56 Å². The molecule has 0 spiro atoms. The Kier molecular flexibility index (Phi) is 2.23. The lowest BCUT2D eigenvalue weighted by Gasteiger charge is -2.08. The van der Waals surface area contributed by atoms with Gasteiger partial charge in [0.25, 0.3) is 0 Å². The summed E-state index contributed by atoms with van der Waals surface area (Å²) in [5, 5.41) is 3.28. The van der Waals surface area contributed by atoms with Crippen molar-refractivity contribution in [2.24, 2.45) is 0 Å². The molecule has 1 heterocycles. The number of anilines is 1. The van der Waals surface area contributed by atoms with Crippen LogP contribution in [-0.2, 0) is 4.74 Å². The Morgan fingerprint density at radius 2 is 2.33 bits per heavy atom. The quantitative estimate of drug-likeness (QED) is 0.757. The molecule has 0 amide bonds. The van der Waals surface area contributed by atoms with Gasteiger partial charge in [-0.05, 0) is 19.1 Å². The van der Waals surface area contributed by atoms with Crippen molar-refractivity contribution in [2.45, 2.75) is 17.4 Å². The summed E-state index contributed by atoms with van der Waals surface area (Å²) in [5.74, 6) is 0. The number of thioether (sulfide) groups is 1. The van der Waals surface area contributed by atoms with E-state index in [1.54, 1.807) is 11.8 Å². The molecule has 1 N–H and O–H groups in total. The Bertz CT molecular complexity index is 252. The van der Waals surface area contributed by atoms with Crippen molar-refractivity contribution in [3.8, 4) is 0 Å². The molecule has 0 saturated heterocycles. The van der Waals surface area contributed by atoms with E-state index in [-0.39, 0.29) is 5.56 Å². The average Bonchev–Trinajstić information content (AvgIpc) is 2.47. The first-order valence-electron chi connectivity index (χ1n) is 4.04. The minimum Gasteiger partial charge on any atom is -0.350 e. The van der Waals surface area contributed by atoms with Crippen LogP contribution in [0.15, 0.2) is 29.2 Å². The topological polar surface area (TPSA) is 21.3 Å². The van der Waals surface area contributed by atoms with Crippen molar-refractivity contribution in [3.05, 3.63) is 24.3 Å². The summed E-state index contributed by atoms with van der Waals surface area (Å²) in [6.07, 6.45) is 0. The zero-order chi connectivity index (χ0) is 8.39. The van der Waals surface area contributed by atoms with Crippen LogP contribution in [0.3, 0.4) is 0 Å². The van der Waals surface area contributed by atoms with Crippen molar-refractivity contribution in [2.75, 3.05) is 11.9 Å². The maximum atomic E-state index is 5.44. The number of nitrogens with one attached hydrogen (secondary N) is 1. The van der Waals surface area contributed by atoms with Crippen LogP contribution < -0.4 is 5.32 Å². The molecule has 1 aliphatic heterocycles. The van der Waals surface area contributed by atoms with Crippen molar-refractivity contribution in [3.63, 3.8) is 0 Å². The minimum absolute atomic E-state index is 0.104. The largest absolute Gasteiger partial charge is 0.350 e. The molecular weight excluding hydrogens is 170 g/mol. The maximum absolute atomic E-state index is 5.44. The molecule has 0 aromatic heterocycles. The van der Waals surface area contributed by atoms with Gasteiger partial charge in [-0.2, -0.15) is 0 Å². The van der Waals surface area contributed by atoms with Crippen LogP contribution in [0.5, 0.6) is 0 Å². The fraction of sp³-hybridized carbons (Fsp3) is 0.333. The lowest BCUT2D eigenvalue weighted by molar-refractivity contribution is 0.144. The lowest BCUT2D eigenvalue weighted by atomic mass is 10.3. The predicted molar refractivity (Wildman–Crippen MR) is 51.3 cm³/mol. The van der Waals surface area contributed by atoms with Crippen molar-refractivity contribution in [1.82, 2.24) is 0 Å². The van der Waals surface area contributed by atoms with Gasteiger partial charge >= 0.3 is 0 Å². The fourth-order valence-electron chi connectivity index (χ4n) is 1.19. The van der Waals surface area contributed by atoms with Gasteiger partial charge in [0.05, 0.1) is 5.69 Å². The first-order valence-corrected chi connectivity index (χ1v) is 4.92. The van der Waals surface area contributed by atoms with E-state index in [0.717, 1.165) is 6.61 Å². The smallest absolute Gasteiger partial charge is 0.180 e. The molecule has 0 fully saturated rings. The molecule has 1 aromatic carbocycles. The standard InChI is InChI=1S/C9H11NOS/c1-2-11-9-10-7-5-3-4-6-8(7)12-9/h3-6,9-10H,2H2,1H3. The summed E-state index contributed by atoms with van der Waals surface area (Å²) in [4.78, 5) is 1.27. The minimum atomic E-state index is 0.104. The number of ether oxygens (including phenoxy) is 1. The van der Waals surface area contributed by atoms with E-state index >= 15 is 0 Å². The van der Waals surface area contributed by atoms with Crippen LogP contribution in [0.2, 0.25) is 0 Å². The summed E-state index contributed by atoms with van der Waals surface area (Å²) in [7, 11) is 0. The van der Waals surface area contributed by atoms with Gasteiger partial charge in [-0.1, -0.05) is 23.9 Å². The number of benzene rings is 1. The Morgan fingerprint density at radius 3 is 3.08 bits per heavy atom. The highest BCUT2D eigenvalue weighted by atomic mass is 32.2. The zero-order valence-electron chi connectivity index (χ0n) is 6.91. The normalized spacial score (nSPS) is 20.2. The molecule has 12 heavy (non-hydrogen) atoms. The number of para-hydroxylation sites is 1. The lowest BCUT2D eigenvalue weighted by Crippen LogP contribution is -2.13. The van der Waals surface area contributed by atoms with E-state index in [1.807, 2.05) is 19.1 Å². The highest BCUT2D eigenvalue weighted by Gasteiger charge is 2.19. The molecule has 1 atom stereocenters. The van der Waals surface area contributed by atoms with Crippen LogP contribution in [0.1, 0.15) is 6.92 Å². The Balaban J connectivity index is 2.11. The van der Waals surface area contributed by atoms with Crippen LogP contribution in [-0.4, -0.2) is 12.2 Å². The van der Waals surface area contributed by atoms with E-state index < -0.39 is 0 Å². The third-order valence-corrected chi connectivity index (χ3v) is 2.79. The molecule has 1 unspecified atom stereocenters. The monoisotopic (exact) mass is 181 g/mol. The van der Waals surface area contributed by atoms with E-state index in [0.29, 0.717) is 0 Å². The number of hydrogen-bond donors (Lipinski definition) is 1. The molecule has 0 radical (unpaired) electrons. The van der Waals surface area contributed by atoms with Gasteiger partial charge in [-0.15, -0.1) is 0 Å². The summed E-state index contributed by atoms with van der Waals surface area (Å²) >= 11 is 1.73. The Morgan fingerprint density at radius 1 is 1.50 bits per heavy atom. The molecule has 1 aromatic rings. The summed E-state index contributed by atoms with van der Waals surface area (Å²) < 4.78 is 5.44. The second-order valence-electron chi connectivity index (χ2n) is 2.55. The zero-order valence-corrected chi connectivity index (χ0v) is 7.73. The number of fused-ring (bicyclic) bond motifs is 1. The van der Waals surface area contributed by atoms with E-state index in [2.05, 4.69) is 17.4 Å². The predicted octanol–water partition coefficient (Wildman–Crippen LogP) is 2.52. The molecule has 64 valence electrons. The summed E-state index contributed by atoms with van der Waals surface area (Å²) in [6.45, 7) is 2.75. The van der Waals surface area contributed by atoms with Gasteiger partial charge in [-0.3, -0.25) is 0 Å². The maximum Gasteiger partial charge on any atom is 0.180 e. The second-order valence-corrected chi connectivity index (χ2v) is 3.65. The third-order valence-electron chi connectivity index (χ3n) is 1.71. The van der Waals surface area contributed by atoms with Crippen LogP contribution in [0, 0.1) is 0 Å². The molecule has 0 saturated carbocycles. The highest BCUT2D eigenvalue weighted by molar-refractivity contribution is 8.00. The van der Waals surface area contributed by atoms with Crippen molar-refractivity contribution in [1.29, 1.82) is 0 Å². The van der Waals surface area contributed by atoms with Gasteiger partial charge in [0, 0.05) is 11.5 Å². The van der Waals surface area contributed by atoms with Crippen molar-refractivity contribution < 1.29 is 4.74 Å². The summed E-state index contributed by atoms with van der Waals surface area (Å²) in [6, 6.07) is 8.25. The first kappa shape index (κ1) is 7.95. The second kappa shape index (κ2) is 3.37. The SMILES string of the molecule is CCOC1Nc2ccccc2S1. The van der Waals surface area contributed by atoms with Crippen molar-refractivity contribution >= 4 is 17.4 Å². The van der Waals surface area contributed by atoms with Crippen LogP contribution in [0.25, 0.3) is 0 Å². The molecule has 0 aliphatic carbocycles. The molecule has 0 bridgehead atoms. The first-order chi connectivity index (χ1) is 5.90. The van der Waals surface area contributed by atoms with E-state index in [1.165, 1.54) is 10.6 Å². The third kappa shape index (κ3) is 1.42. The fourth-order valence-corrected chi connectivity index (χ4v) is 2.22. The van der Waals surface area contributed by atoms with Gasteiger partial charge in [-0.25, -0.2) is 0 Å². The highest BCUT2D eigenvalue weighted by Crippen LogP contribution is 2.38. The number of rotatable bonds is 2. The number of hydrogen-bond acceptors (Lipinski definition) is 3. The Labute approximate surface area is 76.3 Å². The van der Waals surface area contributed by atoms with Gasteiger partial charge in [0.1, 0.15) is 0 Å². The van der Waals surface area contributed by atoms with E-state index in [9.17, 15) is 0 Å². The van der Waals surface area contributed by atoms with E-state index in [4.69, 9.17) is 4.74 Å². The van der Waals surface area contributed by atoms with Gasteiger partial charge in [0.2, 0.25) is 0 Å². The average molecular weight is 181 g/mol. The van der Waals surface area contributed by atoms with Crippen LogP contribution >= 0.6 is 11.8 Å². The van der Waals surface area contributed by atoms with Gasteiger partial charge < -0.3 is 10.1 Å². The Hall–Kier alpha value is -0.670.